The van der Waals surface area contributed by atoms with Gasteiger partial charge >= 0.3 is 0 Å². The number of fused-ring (bicyclic) bond motifs is 1. The van der Waals surface area contributed by atoms with Gasteiger partial charge in [0.25, 0.3) is 5.91 Å². The Kier molecular flexibility index (Phi) is 3.22. The molecule has 0 N–H and O–H groups in total. The van der Waals surface area contributed by atoms with Crippen LogP contribution >= 0.6 is 0 Å². The molecule has 2 aromatic carbocycles. The zero-order valence-corrected chi connectivity index (χ0v) is 14.3. The maximum absolute atomic E-state index is 14.1. The third-order valence-electron chi connectivity index (χ3n) is 5.17. The second-order valence-electron chi connectivity index (χ2n) is 6.92. The van der Waals surface area contributed by atoms with E-state index in [1.807, 2.05) is 30.0 Å². The van der Waals surface area contributed by atoms with Crippen LogP contribution in [0.5, 0.6) is 0 Å². The molecule has 5 rings (SSSR count). The van der Waals surface area contributed by atoms with Crippen LogP contribution < -0.4 is 0 Å². The van der Waals surface area contributed by atoms with E-state index in [1.165, 1.54) is 10.7 Å². The summed E-state index contributed by atoms with van der Waals surface area (Å²) in [6.45, 7) is 2.53. The van der Waals surface area contributed by atoms with Gasteiger partial charge in [0.2, 0.25) is 0 Å². The molecular formula is C20H17FN4O. The van der Waals surface area contributed by atoms with Crippen LogP contribution in [0.15, 0.2) is 42.5 Å². The van der Waals surface area contributed by atoms with E-state index in [1.54, 1.807) is 18.2 Å². The van der Waals surface area contributed by atoms with Gasteiger partial charge in [-0.1, -0.05) is 23.4 Å². The minimum absolute atomic E-state index is 0.126. The highest BCUT2D eigenvalue weighted by Gasteiger charge is 2.38. The lowest BCUT2D eigenvalue weighted by Crippen LogP contribution is -2.25. The fraction of sp³-hybridized carbons (Fsp3) is 0.250. The van der Waals surface area contributed by atoms with Crippen LogP contribution in [0.4, 0.5) is 4.39 Å². The molecule has 2 aliphatic rings. The summed E-state index contributed by atoms with van der Waals surface area (Å²) in [6, 6.07) is 12.7. The number of carbonyl (C=O) groups excluding carboxylic acids is 1. The van der Waals surface area contributed by atoms with Crippen molar-refractivity contribution in [3.05, 3.63) is 65.1 Å². The summed E-state index contributed by atoms with van der Waals surface area (Å²) in [7, 11) is 0. The van der Waals surface area contributed by atoms with Crippen molar-refractivity contribution in [2.75, 3.05) is 0 Å². The van der Waals surface area contributed by atoms with Gasteiger partial charge in [0.05, 0.1) is 5.69 Å². The summed E-state index contributed by atoms with van der Waals surface area (Å²) in [5.74, 6) is -0.215. The lowest BCUT2D eigenvalue weighted by molar-refractivity contribution is 0.0766. The average Bonchev–Trinajstić information content (AvgIpc) is 3.34. The van der Waals surface area contributed by atoms with E-state index >= 15 is 0 Å². The number of rotatable bonds is 3. The highest BCUT2D eigenvalue weighted by molar-refractivity contribution is 5.99. The number of para-hydroxylation sites is 1. The summed E-state index contributed by atoms with van der Waals surface area (Å²) in [6.07, 6.45) is 2.20. The van der Waals surface area contributed by atoms with Crippen LogP contribution in [0.1, 0.15) is 34.5 Å². The van der Waals surface area contributed by atoms with Crippen molar-refractivity contribution < 1.29 is 9.18 Å². The largest absolute Gasteiger partial charge is 0.331 e. The molecule has 0 unspecified atom stereocenters. The average molecular weight is 348 g/mol. The maximum Gasteiger partial charge on any atom is 0.254 e. The maximum atomic E-state index is 14.1. The van der Waals surface area contributed by atoms with E-state index in [-0.39, 0.29) is 11.7 Å². The van der Waals surface area contributed by atoms with Gasteiger partial charge in [-0.2, -0.15) is 0 Å². The normalized spacial score (nSPS) is 16.2. The highest BCUT2D eigenvalue weighted by atomic mass is 19.1. The number of nitrogens with zero attached hydrogens (tertiary/aromatic N) is 4. The van der Waals surface area contributed by atoms with Gasteiger partial charge < -0.3 is 4.90 Å². The lowest BCUT2D eigenvalue weighted by atomic mass is 10.0. The third kappa shape index (κ3) is 2.25. The Balaban J connectivity index is 1.53. The molecule has 1 saturated carbocycles. The molecular weight excluding hydrogens is 331 g/mol. The Hall–Kier alpha value is -3.02. The van der Waals surface area contributed by atoms with Crippen LogP contribution in [-0.4, -0.2) is 31.8 Å². The zero-order chi connectivity index (χ0) is 17.8. The minimum Gasteiger partial charge on any atom is -0.331 e. The molecule has 130 valence electrons. The molecule has 1 aliphatic carbocycles. The predicted molar refractivity (Wildman–Crippen MR) is 94.4 cm³/mol. The van der Waals surface area contributed by atoms with E-state index in [0.29, 0.717) is 24.0 Å². The quantitative estimate of drug-likeness (QED) is 0.728. The number of amides is 1. The summed E-state index contributed by atoms with van der Waals surface area (Å²) in [5.41, 5.74) is 4.54. The third-order valence-corrected chi connectivity index (χ3v) is 5.17. The van der Waals surface area contributed by atoms with Crippen molar-refractivity contribution in [2.45, 2.75) is 32.4 Å². The van der Waals surface area contributed by atoms with Crippen molar-refractivity contribution in [1.29, 1.82) is 0 Å². The molecule has 5 nitrogen and oxygen atoms in total. The molecule has 0 bridgehead atoms. The second kappa shape index (κ2) is 5.49. The Bertz CT molecular complexity index is 1040. The van der Waals surface area contributed by atoms with Gasteiger partial charge in [-0.05, 0) is 49.6 Å². The number of benzene rings is 2. The van der Waals surface area contributed by atoms with Gasteiger partial charge in [-0.3, -0.25) is 4.79 Å². The molecule has 1 fully saturated rings. The molecule has 1 aromatic heterocycles. The van der Waals surface area contributed by atoms with Crippen molar-refractivity contribution in [1.82, 2.24) is 19.9 Å². The monoisotopic (exact) mass is 348 g/mol. The van der Waals surface area contributed by atoms with E-state index < -0.39 is 0 Å². The topological polar surface area (TPSA) is 51.0 Å². The first-order valence-electron chi connectivity index (χ1n) is 8.75. The lowest BCUT2D eigenvalue weighted by Gasteiger charge is -2.13. The molecule has 0 saturated heterocycles. The van der Waals surface area contributed by atoms with E-state index in [4.69, 9.17) is 0 Å². The summed E-state index contributed by atoms with van der Waals surface area (Å²) < 4.78 is 15.6. The molecule has 6 heteroatoms. The van der Waals surface area contributed by atoms with Crippen LogP contribution in [-0.2, 0) is 6.54 Å². The molecule has 0 atom stereocenters. The van der Waals surface area contributed by atoms with Gasteiger partial charge in [0, 0.05) is 23.7 Å². The fourth-order valence-corrected chi connectivity index (χ4v) is 3.62. The molecule has 1 aliphatic heterocycles. The van der Waals surface area contributed by atoms with Gasteiger partial charge in [-0.25, -0.2) is 9.07 Å². The van der Waals surface area contributed by atoms with Gasteiger partial charge in [0.15, 0.2) is 0 Å². The Morgan fingerprint density at radius 3 is 2.73 bits per heavy atom. The van der Waals surface area contributed by atoms with Gasteiger partial charge in [0.1, 0.15) is 17.2 Å². The van der Waals surface area contributed by atoms with Crippen LogP contribution in [0.25, 0.3) is 16.9 Å². The number of hydrogen-bond donors (Lipinski definition) is 0. The molecule has 0 radical (unpaired) electrons. The highest BCUT2D eigenvalue weighted by Crippen LogP contribution is 2.36. The fourth-order valence-electron chi connectivity index (χ4n) is 3.62. The van der Waals surface area contributed by atoms with E-state index in [9.17, 15) is 9.18 Å². The second-order valence-corrected chi connectivity index (χ2v) is 6.92. The Labute approximate surface area is 150 Å². The van der Waals surface area contributed by atoms with Crippen LogP contribution in [0.3, 0.4) is 0 Å². The number of carbonyl (C=O) groups is 1. The van der Waals surface area contributed by atoms with Crippen LogP contribution in [0.2, 0.25) is 0 Å². The molecule has 2 heterocycles. The first kappa shape index (κ1) is 15.3. The van der Waals surface area contributed by atoms with E-state index in [2.05, 4.69) is 10.3 Å². The summed E-state index contributed by atoms with van der Waals surface area (Å²) in [4.78, 5) is 14.4. The molecule has 0 spiro atoms. The van der Waals surface area contributed by atoms with Crippen molar-refractivity contribution >= 4 is 5.91 Å². The summed E-state index contributed by atoms with van der Waals surface area (Å²) in [5, 5.41) is 8.40. The smallest absolute Gasteiger partial charge is 0.254 e. The number of hydrogen-bond acceptors (Lipinski definition) is 3. The molecule has 1 amide bonds. The van der Waals surface area contributed by atoms with Crippen molar-refractivity contribution in [2.24, 2.45) is 0 Å². The zero-order valence-electron chi connectivity index (χ0n) is 14.3. The van der Waals surface area contributed by atoms with Crippen molar-refractivity contribution in [3.63, 3.8) is 0 Å². The summed E-state index contributed by atoms with van der Waals surface area (Å²) >= 11 is 0. The van der Waals surface area contributed by atoms with E-state index in [0.717, 1.165) is 35.2 Å². The Morgan fingerprint density at radius 2 is 1.96 bits per heavy atom. The Morgan fingerprint density at radius 1 is 1.15 bits per heavy atom. The number of halogens is 1. The molecule has 26 heavy (non-hydrogen) atoms. The predicted octanol–water partition coefficient (Wildman–Crippen LogP) is 3.50. The van der Waals surface area contributed by atoms with Crippen LogP contribution in [0, 0.1) is 12.7 Å². The minimum atomic E-state index is -0.341. The number of aromatic nitrogens is 3. The van der Waals surface area contributed by atoms with Crippen molar-refractivity contribution in [3.8, 4) is 16.9 Å². The SMILES string of the molecule is Cc1c(-c2ccc3c(c2)CN(C2CC2)C3=O)nnn1-c1ccccc1F. The standard InChI is InChI=1S/C20H17FN4O/c1-12-19(22-23-25(12)18-5-3-2-4-17(18)21)13-6-9-16-14(10-13)11-24(20(16)26)15-7-8-15/h2-6,9-10,15H,7-8,11H2,1H3. The first-order valence-corrected chi connectivity index (χ1v) is 8.75. The van der Waals surface area contributed by atoms with Gasteiger partial charge in [-0.15, -0.1) is 5.10 Å². The molecule has 3 aromatic rings. The first-order chi connectivity index (χ1) is 12.6.